The van der Waals surface area contributed by atoms with Crippen LogP contribution in [0.5, 0.6) is 5.88 Å². The third kappa shape index (κ3) is 4.22. The quantitative estimate of drug-likeness (QED) is 0.396. The molecule has 1 amide bonds. The van der Waals surface area contributed by atoms with Crippen LogP contribution in [0.3, 0.4) is 0 Å². The van der Waals surface area contributed by atoms with Crippen LogP contribution in [0.15, 0.2) is 36.5 Å². The van der Waals surface area contributed by atoms with E-state index in [0.717, 1.165) is 17.3 Å². The summed E-state index contributed by atoms with van der Waals surface area (Å²) in [5.41, 5.74) is 4.76. The van der Waals surface area contributed by atoms with Crippen LogP contribution in [0.2, 0.25) is 0 Å². The van der Waals surface area contributed by atoms with E-state index in [4.69, 9.17) is 16.3 Å². The van der Waals surface area contributed by atoms with Gasteiger partial charge in [-0.2, -0.15) is 13.2 Å². The molecule has 1 saturated carbocycles. The smallest absolute Gasteiger partial charge is 0.417 e. The van der Waals surface area contributed by atoms with Crippen molar-refractivity contribution in [3.05, 3.63) is 53.5 Å². The summed E-state index contributed by atoms with van der Waals surface area (Å²) in [6.07, 6.45) is -2.83. The third-order valence-electron chi connectivity index (χ3n) is 5.90. The lowest BCUT2D eigenvalue weighted by Crippen LogP contribution is -2.47. The van der Waals surface area contributed by atoms with E-state index in [1.807, 2.05) is 0 Å². The molecule has 1 aliphatic heterocycles. The van der Waals surface area contributed by atoms with E-state index in [1.54, 1.807) is 4.90 Å². The Bertz CT molecular complexity index is 985. The fraction of sp³-hybridized carbons (Fsp3) is 0.429. The largest absolute Gasteiger partial charge is 0.472 e. The number of rotatable bonds is 6. The predicted molar refractivity (Wildman–Crippen MR) is 108 cm³/mol. The summed E-state index contributed by atoms with van der Waals surface area (Å²) in [7, 11) is 0. The maximum absolute atomic E-state index is 14.5. The number of piperidine rings is 1. The van der Waals surface area contributed by atoms with Crippen LogP contribution in [-0.4, -0.2) is 47.6 Å². The van der Waals surface area contributed by atoms with Crippen LogP contribution >= 0.6 is 0 Å². The average molecular weight is 453 g/mol. The Balaban J connectivity index is 1.52. The number of nitrogens with two attached hydrogens (primary N) is 2. The third-order valence-corrected chi connectivity index (χ3v) is 5.90. The minimum atomic E-state index is -4.48. The summed E-state index contributed by atoms with van der Waals surface area (Å²) in [5, 5.41) is 1.12. The van der Waals surface area contributed by atoms with Crippen LogP contribution in [-0.2, 0) is 6.18 Å². The highest BCUT2D eigenvalue weighted by Gasteiger charge is 2.49. The zero-order valence-electron chi connectivity index (χ0n) is 17.1. The van der Waals surface area contributed by atoms with Gasteiger partial charge in [-0.25, -0.2) is 15.2 Å². The van der Waals surface area contributed by atoms with Gasteiger partial charge in [0.15, 0.2) is 0 Å². The van der Waals surface area contributed by atoms with E-state index in [1.165, 1.54) is 24.3 Å². The van der Waals surface area contributed by atoms with Gasteiger partial charge in [-0.15, -0.1) is 0 Å². The Kier molecular flexibility index (Phi) is 5.95. The molecular formula is C21H23F4N5O2. The number of carbonyl (C=O) groups excluding carboxylic acids is 1. The minimum Gasteiger partial charge on any atom is -0.472 e. The van der Waals surface area contributed by atoms with Gasteiger partial charge in [-0.05, 0) is 37.0 Å². The number of fused-ring (bicyclic) bond motifs is 2. The lowest BCUT2D eigenvalue weighted by Gasteiger charge is -2.34. The van der Waals surface area contributed by atoms with E-state index in [9.17, 15) is 22.4 Å². The highest BCUT2D eigenvalue weighted by molar-refractivity contribution is 6.00. The molecule has 172 valence electrons. The van der Waals surface area contributed by atoms with E-state index in [-0.39, 0.29) is 48.1 Å². The Morgan fingerprint density at radius 1 is 1.25 bits per heavy atom. The molecule has 2 aliphatic rings. The summed E-state index contributed by atoms with van der Waals surface area (Å²) in [4.78, 5) is 18.7. The van der Waals surface area contributed by atoms with Gasteiger partial charge in [0.25, 0.3) is 5.91 Å². The molecule has 1 saturated heterocycles. The average Bonchev–Trinajstić information content (AvgIpc) is 3.33. The molecule has 1 aromatic carbocycles. The number of para-hydroxylation sites is 1. The first-order valence-corrected chi connectivity index (χ1v) is 10.2. The van der Waals surface area contributed by atoms with Crippen LogP contribution in [0.4, 0.5) is 23.2 Å². The number of aromatic nitrogens is 1. The minimum absolute atomic E-state index is 0.0207. The molecule has 32 heavy (non-hydrogen) atoms. The van der Waals surface area contributed by atoms with Gasteiger partial charge in [-0.3, -0.25) is 4.79 Å². The van der Waals surface area contributed by atoms with Gasteiger partial charge in [0, 0.05) is 31.9 Å². The lowest BCUT2D eigenvalue weighted by atomic mass is 10.0. The molecule has 1 aliphatic carbocycles. The molecule has 0 radical (unpaired) electrons. The van der Waals surface area contributed by atoms with Crippen molar-refractivity contribution < 1.29 is 27.1 Å². The number of hydrazine groups is 1. The van der Waals surface area contributed by atoms with Gasteiger partial charge in [0.2, 0.25) is 5.88 Å². The number of halogens is 4. The Hall–Kier alpha value is -2.92. The normalized spacial score (nSPS) is 22.3. The summed E-state index contributed by atoms with van der Waals surface area (Å²) in [6.45, 7) is 0.836. The molecule has 2 aromatic rings. The van der Waals surface area contributed by atoms with Crippen molar-refractivity contribution in [3.63, 3.8) is 0 Å². The summed E-state index contributed by atoms with van der Waals surface area (Å²) < 4.78 is 58.6. The molecule has 4 N–H and O–H groups in total. The number of nitrogens with zero attached hydrogens (tertiary/aromatic N) is 3. The predicted octanol–water partition coefficient (Wildman–Crippen LogP) is 2.56. The van der Waals surface area contributed by atoms with Crippen molar-refractivity contribution in [1.29, 1.82) is 0 Å². The standard InChI is InChI=1S/C21H23F4N5O2/c22-15-3-1-2-14(19(15)30(27)7-6-26)20(31)29-11-12-8-16(29)17(9-12)32-18-5-4-13(10-28-18)21(23,24)25/h1-5,10,12,16-17H,6-9,11,26-27H2. The molecule has 2 fully saturated rings. The fourth-order valence-electron chi connectivity index (χ4n) is 4.48. The number of hydrogen-bond donors (Lipinski definition) is 2. The van der Waals surface area contributed by atoms with Gasteiger partial charge in [0.05, 0.1) is 17.2 Å². The van der Waals surface area contributed by atoms with Crippen molar-refractivity contribution >= 4 is 11.6 Å². The highest BCUT2D eigenvalue weighted by Crippen LogP contribution is 2.41. The first kappa shape index (κ1) is 22.3. The van der Waals surface area contributed by atoms with Crippen molar-refractivity contribution in [3.8, 4) is 5.88 Å². The zero-order valence-corrected chi connectivity index (χ0v) is 17.1. The van der Waals surface area contributed by atoms with Crippen molar-refractivity contribution in [1.82, 2.24) is 9.88 Å². The molecule has 3 unspecified atom stereocenters. The molecular weight excluding hydrogens is 430 g/mol. The van der Waals surface area contributed by atoms with E-state index >= 15 is 0 Å². The molecule has 2 bridgehead atoms. The van der Waals surface area contributed by atoms with Crippen LogP contribution in [0.1, 0.15) is 28.8 Å². The fourth-order valence-corrected chi connectivity index (χ4v) is 4.48. The number of alkyl halides is 3. The summed E-state index contributed by atoms with van der Waals surface area (Å²) in [6, 6.07) is 5.96. The molecule has 2 heterocycles. The maximum atomic E-state index is 14.5. The molecule has 4 rings (SSSR count). The number of carbonyl (C=O) groups is 1. The Morgan fingerprint density at radius 2 is 2.03 bits per heavy atom. The van der Waals surface area contributed by atoms with E-state index in [2.05, 4.69) is 4.98 Å². The monoisotopic (exact) mass is 453 g/mol. The highest BCUT2D eigenvalue weighted by atomic mass is 19.4. The number of ether oxygens (including phenoxy) is 1. The first-order valence-electron chi connectivity index (χ1n) is 10.2. The van der Waals surface area contributed by atoms with Crippen LogP contribution in [0, 0.1) is 11.7 Å². The van der Waals surface area contributed by atoms with Crippen molar-refractivity contribution in [2.24, 2.45) is 17.5 Å². The van der Waals surface area contributed by atoms with Gasteiger partial charge < -0.3 is 20.4 Å². The van der Waals surface area contributed by atoms with Crippen LogP contribution in [0.25, 0.3) is 0 Å². The number of hydrogen-bond acceptors (Lipinski definition) is 6. The van der Waals surface area contributed by atoms with Crippen LogP contribution < -0.4 is 21.3 Å². The number of amides is 1. The second kappa shape index (κ2) is 8.55. The first-order chi connectivity index (χ1) is 15.2. The summed E-state index contributed by atoms with van der Waals surface area (Å²) in [5.74, 6) is 5.15. The zero-order chi connectivity index (χ0) is 23.0. The molecule has 7 nitrogen and oxygen atoms in total. The SMILES string of the molecule is NCCN(N)c1c(F)cccc1C(=O)N1CC2CC(Oc3ccc(C(F)(F)F)cn3)C1C2. The van der Waals surface area contributed by atoms with Crippen molar-refractivity contribution in [2.75, 3.05) is 24.6 Å². The number of anilines is 1. The van der Waals surface area contributed by atoms with Gasteiger partial charge >= 0.3 is 6.18 Å². The van der Waals surface area contributed by atoms with E-state index in [0.29, 0.717) is 19.4 Å². The van der Waals surface area contributed by atoms with Gasteiger partial charge in [-0.1, -0.05) is 6.07 Å². The number of benzene rings is 1. The summed E-state index contributed by atoms with van der Waals surface area (Å²) >= 11 is 0. The molecule has 1 aromatic heterocycles. The number of pyridine rings is 1. The number of likely N-dealkylation sites (tertiary alicyclic amines) is 1. The maximum Gasteiger partial charge on any atom is 0.417 e. The molecule has 11 heteroatoms. The van der Waals surface area contributed by atoms with Crippen molar-refractivity contribution in [2.45, 2.75) is 31.2 Å². The second-order valence-electron chi connectivity index (χ2n) is 8.02. The Morgan fingerprint density at radius 3 is 2.66 bits per heavy atom. The molecule has 3 atom stereocenters. The topological polar surface area (TPSA) is 97.7 Å². The Labute approximate surface area is 181 Å². The van der Waals surface area contributed by atoms with E-state index < -0.39 is 23.7 Å². The second-order valence-corrected chi connectivity index (χ2v) is 8.02. The van der Waals surface area contributed by atoms with Gasteiger partial charge in [0.1, 0.15) is 17.6 Å². The lowest BCUT2D eigenvalue weighted by molar-refractivity contribution is -0.137. The molecule has 0 spiro atoms.